The van der Waals surface area contributed by atoms with E-state index in [0.29, 0.717) is 0 Å². The number of sulfone groups is 1. The molecule has 1 N–H and O–H groups in total. The fourth-order valence-corrected chi connectivity index (χ4v) is 2.97. The van der Waals surface area contributed by atoms with E-state index in [-0.39, 0.29) is 22.7 Å². The molecular weight excluding hydrogens is 246 g/mol. The van der Waals surface area contributed by atoms with Crippen molar-refractivity contribution in [1.82, 2.24) is 0 Å². The molecule has 2 rings (SSSR count). The van der Waals surface area contributed by atoms with E-state index in [1.165, 1.54) is 18.2 Å². The maximum absolute atomic E-state index is 11.8. The lowest BCUT2D eigenvalue weighted by molar-refractivity contribution is -0.110. The van der Waals surface area contributed by atoms with Crippen molar-refractivity contribution in [2.45, 2.75) is 4.90 Å². The second-order valence-electron chi connectivity index (χ2n) is 3.40. The highest BCUT2D eigenvalue weighted by Crippen LogP contribution is 2.30. The normalized spacial score (nSPS) is 16.9. The summed E-state index contributed by atoms with van der Waals surface area (Å²) < 4.78 is 28.2. The lowest BCUT2D eigenvalue weighted by Gasteiger charge is -2.18. The minimum atomic E-state index is -4.11. The molecule has 0 amide bonds. The molecule has 0 saturated carbocycles. The van der Waals surface area contributed by atoms with Gasteiger partial charge in [0.2, 0.25) is 9.84 Å². The molecule has 0 aliphatic carbocycles. The summed E-state index contributed by atoms with van der Waals surface area (Å²) in [6, 6.07) is 4.32. The molecule has 17 heavy (non-hydrogen) atoms. The third kappa shape index (κ3) is 1.68. The number of rotatable bonds is 1. The average molecular weight is 255 g/mol. The van der Waals surface area contributed by atoms with Gasteiger partial charge in [0.1, 0.15) is 4.90 Å². The summed E-state index contributed by atoms with van der Waals surface area (Å²) in [5.74, 6) is -0.790. The number of carbonyl (C=O) groups excluding carboxylic acids is 2. The third-order valence-corrected chi connectivity index (χ3v) is 4.13. The Hall–Kier alpha value is -1.89. The monoisotopic (exact) mass is 255 g/mol. The number of methoxy groups -OCH3 is 1. The van der Waals surface area contributed by atoms with Crippen molar-refractivity contribution in [3.05, 3.63) is 23.8 Å². The van der Waals surface area contributed by atoms with Gasteiger partial charge in [0.25, 0.3) is 5.12 Å². The molecule has 0 unspecified atom stereocenters. The molecular formula is C10H9NO5S. The molecule has 0 bridgehead atoms. The van der Waals surface area contributed by atoms with Crippen molar-refractivity contribution in [2.75, 3.05) is 19.0 Å². The minimum absolute atomic E-state index is 0.134. The third-order valence-electron chi connectivity index (χ3n) is 2.41. The SMILES string of the molecule is COC(=O)c1cccc2c1S(=O)(=O)C(=O)CN2. The molecule has 6 nitrogen and oxygen atoms in total. The van der Waals surface area contributed by atoms with Gasteiger partial charge in [-0.25, -0.2) is 13.2 Å². The van der Waals surface area contributed by atoms with Crippen LogP contribution < -0.4 is 5.32 Å². The maximum Gasteiger partial charge on any atom is 0.339 e. The van der Waals surface area contributed by atoms with Crippen LogP contribution in [0, 0.1) is 0 Å². The van der Waals surface area contributed by atoms with Crippen molar-refractivity contribution < 1.29 is 22.7 Å². The quantitative estimate of drug-likeness (QED) is 0.721. The summed E-state index contributed by atoms with van der Waals surface area (Å²) in [7, 11) is -2.96. The van der Waals surface area contributed by atoms with Crippen molar-refractivity contribution >= 4 is 26.6 Å². The van der Waals surface area contributed by atoms with Crippen LogP contribution in [0.2, 0.25) is 0 Å². The van der Waals surface area contributed by atoms with Crippen molar-refractivity contribution in [3.8, 4) is 0 Å². The zero-order chi connectivity index (χ0) is 12.6. The van der Waals surface area contributed by atoms with Gasteiger partial charge in [0.15, 0.2) is 0 Å². The Morgan fingerprint density at radius 3 is 2.76 bits per heavy atom. The lowest BCUT2D eigenvalue weighted by atomic mass is 10.2. The molecule has 90 valence electrons. The van der Waals surface area contributed by atoms with Crippen molar-refractivity contribution in [3.63, 3.8) is 0 Å². The molecule has 0 aromatic heterocycles. The summed E-state index contributed by atoms with van der Waals surface area (Å²) in [6.45, 7) is -0.292. The minimum Gasteiger partial charge on any atom is -0.465 e. The fourth-order valence-electron chi connectivity index (χ4n) is 1.61. The number of ether oxygens (including phenoxy) is 1. The van der Waals surface area contributed by atoms with E-state index in [9.17, 15) is 18.0 Å². The first-order valence-corrected chi connectivity index (χ1v) is 6.20. The molecule has 1 heterocycles. The van der Waals surface area contributed by atoms with Crippen LogP contribution in [-0.2, 0) is 19.4 Å². The van der Waals surface area contributed by atoms with E-state index >= 15 is 0 Å². The maximum atomic E-state index is 11.8. The molecule has 1 aliphatic heterocycles. The second-order valence-corrected chi connectivity index (χ2v) is 5.27. The molecule has 0 saturated heterocycles. The average Bonchev–Trinajstić information content (AvgIpc) is 2.32. The van der Waals surface area contributed by atoms with E-state index in [1.807, 2.05) is 0 Å². The van der Waals surface area contributed by atoms with Crippen LogP contribution in [0.25, 0.3) is 0 Å². The highest BCUT2D eigenvalue weighted by atomic mass is 32.2. The summed E-state index contributed by atoms with van der Waals surface area (Å²) in [6.07, 6.45) is 0. The van der Waals surface area contributed by atoms with Gasteiger partial charge < -0.3 is 10.1 Å². The van der Waals surface area contributed by atoms with Crippen LogP contribution in [0.5, 0.6) is 0 Å². The van der Waals surface area contributed by atoms with Gasteiger partial charge in [-0.1, -0.05) is 6.07 Å². The molecule has 1 aromatic rings. The smallest absolute Gasteiger partial charge is 0.339 e. The Kier molecular flexibility index (Phi) is 2.62. The fraction of sp³-hybridized carbons (Fsp3) is 0.200. The summed E-state index contributed by atoms with van der Waals surface area (Å²) in [5, 5.41) is 1.69. The molecule has 0 atom stereocenters. The van der Waals surface area contributed by atoms with E-state index in [2.05, 4.69) is 10.1 Å². The van der Waals surface area contributed by atoms with Crippen LogP contribution in [0.15, 0.2) is 23.1 Å². The molecule has 0 radical (unpaired) electrons. The predicted molar refractivity (Wildman–Crippen MR) is 58.5 cm³/mol. The van der Waals surface area contributed by atoms with Gasteiger partial charge >= 0.3 is 5.97 Å². The highest BCUT2D eigenvalue weighted by Gasteiger charge is 2.35. The topological polar surface area (TPSA) is 89.5 Å². The molecule has 7 heteroatoms. The van der Waals surface area contributed by atoms with Gasteiger partial charge in [0, 0.05) is 0 Å². The number of nitrogens with one attached hydrogen (secondary N) is 1. The van der Waals surface area contributed by atoms with Crippen molar-refractivity contribution in [2.24, 2.45) is 0 Å². The first-order valence-electron chi connectivity index (χ1n) is 4.71. The Bertz CT molecular complexity index is 605. The summed E-state index contributed by atoms with van der Waals surface area (Å²) >= 11 is 0. The summed E-state index contributed by atoms with van der Waals surface area (Å²) in [4.78, 5) is 22.5. The van der Waals surface area contributed by atoms with Gasteiger partial charge in [-0.15, -0.1) is 0 Å². The lowest BCUT2D eigenvalue weighted by Crippen LogP contribution is -2.31. The number of fused-ring (bicyclic) bond motifs is 1. The van der Waals surface area contributed by atoms with Crippen LogP contribution in [0.4, 0.5) is 5.69 Å². The Labute approximate surface area is 97.5 Å². The number of hydrogen-bond donors (Lipinski definition) is 1. The van der Waals surface area contributed by atoms with Gasteiger partial charge in [-0.2, -0.15) is 0 Å². The predicted octanol–water partition coefficient (Wildman–Crippen LogP) is 0.199. The van der Waals surface area contributed by atoms with Gasteiger partial charge in [-0.05, 0) is 12.1 Å². The number of anilines is 1. The zero-order valence-corrected chi connectivity index (χ0v) is 9.71. The van der Waals surface area contributed by atoms with Gasteiger partial charge in [-0.3, -0.25) is 4.79 Å². The van der Waals surface area contributed by atoms with E-state index < -0.39 is 20.9 Å². The standard InChI is InChI=1S/C10H9NO5S/c1-16-10(13)6-3-2-4-7-9(6)17(14,15)8(12)5-11-7/h2-4,11H,5H2,1H3. The van der Waals surface area contributed by atoms with E-state index in [4.69, 9.17) is 0 Å². The highest BCUT2D eigenvalue weighted by molar-refractivity contribution is 8.06. The van der Waals surface area contributed by atoms with Crippen LogP contribution in [0.3, 0.4) is 0 Å². The molecule has 1 aromatic carbocycles. The number of benzene rings is 1. The van der Waals surface area contributed by atoms with Crippen LogP contribution in [-0.4, -0.2) is 33.2 Å². The Balaban J connectivity index is 2.76. The number of hydrogen-bond acceptors (Lipinski definition) is 6. The number of carbonyl (C=O) groups is 2. The first-order chi connectivity index (χ1) is 7.98. The van der Waals surface area contributed by atoms with Crippen molar-refractivity contribution in [1.29, 1.82) is 0 Å². The van der Waals surface area contributed by atoms with E-state index in [0.717, 1.165) is 7.11 Å². The zero-order valence-electron chi connectivity index (χ0n) is 8.89. The Morgan fingerprint density at radius 2 is 2.12 bits per heavy atom. The van der Waals surface area contributed by atoms with Gasteiger partial charge in [0.05, 0.1) is 24.9 Å². The van der Waals surface area contributed by atoms with Crippen LogP contribution in [0.1, 0.15) is 10.4 Å². The number of esters is 1. The molecule has 0 fully saturated rings. The second kappa shape index (κ2) is 3.85. The Morgan fingerprint density at radius 1 is 1.41 bits per heavy atom. The van der Waals surface area contributed by atoms with Crippen LogP contribution >= 0.6 is 0 Å². The first kappa shape index (κ1) is 11.6. The largest absolute Gasteiger partial charge is 0.465 e. The van der Waals surface area contributed by atoms with E-state index in [1.54, 1.807) is 0 Å². The molecule has 1 aliphatic rings. The summed E-state index contributed by atoms with van der Waals surface area (Å²) in [5.41, 5.74) is 0.109. The molecule has 0 spiro atoms.